The smallest absolute Gasteiger partial charge is 0.191 e. The summed E-state index contributed by atoms with van der Waals surface area (Å²) in [6.45, 7) is 7.85. The van der Waals surface area contributed by atoms with Crippen molar-refractivity contribution in [1.82, 2.24) is 20.7 Å². The molecule has 6 nitrogen and oxygen atoms in total. The van der Waals surface area contributed by atoms with Crippen LogP contribution in [0.3, 0.4) is 0 Å². The third-order valence-electron chi connectivity index (χ3n) is 5.30. The number of likely N-dealkylation sites (tertiary alicyclic amines) is 1. The largest absolute Gasteiger partial charge is 0.361 e. The Hall–Kier alpha value is -1.61. The molecule has 1 atom stereocenters. The zero-order valence-electron chi connectivity index (χ0n) is 17.1. The van der Waals surface area contributed by atoms with Gasteiger partial charge in [-0.3, -0.25) is 9.89 Å². The van der Waals surface area contributed by atoms with Crippen molar-refractivity contribution in [3.63, 3.8) is 0 Å². The van der Waals surface area contributed by atoms with Crippen LogP contribution in [0.2, 0.25) is 0 Å². The molecule has 1 aliphatic rings. The molecule has 2 heterocycles. The predicted octanol–water partition coefficient (Wildman–Crippen LogP) is 3.28. The molecule has 0 bridgehead atoms. The van der Waals surface area contributed by atoms with Crippen molar-refractivity contribution in [2.24, 2.45) is 4.99 Å². The van der Waals surface area contributed by atoms with Gasteiger partial charge in [0.1, 0.15) is 5.76 Å². The van der Waals surface area contributed by atoms with Crippen LogP contribution in [-0.4, -0.2) is 48.7 Å². The summed E-state index contributed by atoms with van der Waals surface area (Å²) in [7, 11) is 1.82. The Morgan fingerprint density at radius 2 is 2.04 bits per heavy atom. The molecule has 28 heavy (non-hydrogen) atoms. The first-order chi connectivity index (χ1) is 13.2. The number of aryl methyl sites for hydroxylation is 2. The maximum absolute atomic E-state index is 5.23. The SMILES string of the molecule is CN=C(NCCc1c(C)noc1C)NCC1CCCN1Cc1ccccc1.I. The maximum atomic E-state index is 5.23. The molecule has 2 aromatic rings. The monoisotopic (exact) mass is 497 g/mol. The molecule has 0 radical (unpaired) electrons. The molecular weight excluding hydrogens is 465 g/mol. The standard InChI is InChI=1S/C21H31N5O.HI/c1-16-20(17(2)27-25-16)11-12-23-21(22-3)24-14-19-10-7-13-26(19)15-18-8-5-4-6-9-18;/h4-6,8-9,19H,7,10-15H2,1-3H3,(H2,22,23,24);1H. The van der Waals surface area contributed by atoms with E-state index in [9.17, 15) is 0 Å². The Morgan fingerprint density at radius 1 is 1.25 bits per heavy atom. The minimum Gasteiger partial charge on any atom is -0.361 e. The van der Waals surface area contributed by atoms with Crippen LogP contribution in [0.4, 0.5) is 0 Å². The fourth-order valence-corrected chi connectivity index (χ4v) is 3.75. The van der Waals surface area contributed by atoms with Gasteiger partial charge < -0.3 is 15.2 Å². The Balaban J connectivity index is 0.00000280. The van der Waals surface area contributed by atoms with Gasteiger partial charge in [-0.1, -0.05) is 35.5 Å². The lowest BCUT2D eigenvalue weighted by Gasteiger charge is -2.25. The van der Waals surface area contributed by atoms with Crippen molar-refractivity contribution in [1.29, 1.82) is 0 Å². The normalized spacial score (nSPS) is 17.4. The van der Waals surface area contributed by atoms with Gasteiger partial charge in [-0.2, -0.15) is 0 Å². The minimum absolute atomic E-state index is 0. The molecule has 1 saturated heterocycles. The van der Waals surface area contributed by atoms with Gasteiger partial charge in [-0.25, -0.2) is 0 Å². The Kier molecular flexibility index (Phi) is 9.24. The highest BCUT2D eigenvalue weighted by molar-refractivity contribution is 14.0. The molecule has 1 aromatic carbocycles. The number of halogens is 1. The average Bonchev–Trinajstić information content (AvgIpc) is 3.26. The lowest BCUT2D eigenvalue weighted by molar-refractivity contribution is 0.245. The summed E-state index contributed by atoms with van der Waals surface area (Å²) in [6.07, 6.45) is 3.37. The average molecular weight is 497 g/mol. The number of hydrogen-bond donors (Lipinski definition) is 2. The van der Waals surface area contributed by atoms with Gasteiger partial charge in [0, 0.05) is 38.3 Å². The van der Waals surface area contributed by atoms with Crippen LogP contribution in [0.25, 0.3) is 0 Å². The molecule has 154 valence electrons. The first-order valence-corrected chi connectivity index (χ1v) is 9.81. The highest BCUT2D eigenvalue weighted by atomic mass is 127. The van der Waals surface area contributed by atoms with E-state index in [-0.39, 0.29) is 24.0 Å². The molecule has 0 spiro atoms. The first kappa shape index (κ1) is 22.7. The van der Waals surface area contributed by atoms with E-state index >= 15 is 0 Å². The third-order valence-corrected chi connectivity index (χ3v) is 5.30. The van der Waals surface area contributed by atoms with Crippen molar-refractivity contribution < 1.29 is 4.52 Å². The first-order valence-electron chi connectivity index (χ1n) is 9.81. The van der Waals surface area contributed by atoms with Crippen molar-refractivity contribution >= 4 is 29.9 Å². The Labute approximate surface area is 185 Å². The van der Waals surface area contributed by atoms with E-state index < -0.39 is 0 Å². The van der Waals surface area contributed by atoms with Gasteiger partial charge in [0.25, 0.3) is 0 Å². The zero-order valence-corrected chi connectivity index (χ0v) is 19.4. The van der Waals surface area contributed by atoms with E-state index in [1.807, 2.05) is 20.9 Å². The van der Waals surface area contributed by atoms with E-state index in [1.54, 1.807) is 0 Å². The number of guanidine groups is 1. The van der Waals surface area contributed by atoms with Crippen molar-refractivity contribution in [2.75, 3.05) is 26.7 Å². The van der Waals surface area contributed by atoms with Crippen LogP contribution in [0.15, 0.2) is 39.8 Å². The molecule has 7 heteroatoms. The van der Waals surface area contributed by atoms with Crippen LogP contribution < -0.4 is 10.6 Å². The summed E-state index contributed by atoms with van der Waals surface area (Å²) in [5.41, 5.74) is 3.54. The molecule has 0 saturated carbocycles. The summed E-state index contributed by atoms with van der Waals surface area (Å²) in [6, 6.07) is 11.3. The number of aliphatic imine (C=N–C) groups is 1. The second-order valence-electron chi connectivity index (χ2n) is 7.18. The number of aromatic nitrogens is 1. The minimum atomic E-state index is 0. The number of benzene rings is 1. The van der Waals surface area contributed by atoms with E-state index in [1.165, 1.54) is 30.5 Å². The van der Waals surface area contributed by atoms with E-state index in [4.69, 9.17) is 4.52 Å². The van der Waals surface area contributed by atoms with Gasteiger partial charge in [-0.05, 0) is 45.2 Å². The number of nitrogens with zero attached hydrogens (tertiary/aromatic N) is 3. The van der Waals surface area contributed by atoms with Crippen LogP contribution in [0, 0.1) is 13.8 Å². The summed E-state index contributed by atoms with van der Waals surface area (Å²) in [5, 5.41) is 10.9. The van der Waals surface area contributed by atoms with Crippen molar-refractivity contribution in [2.45, 2.75) is 45.7 Å². The van der Waals surface area contributed by atoms with Gasteiger partial charge in [0.15, 0.2) is 5.96 Å². The number of hydrogen-bond acceptors (Lipinski definition) is 4. The molecule has 0 amide bonds. The molecule has 1 unspecified atom stereocenters. The van der Waals surface area contributed by atoms with Gasteiger partial charge in [-0.15, -0.1) is 24.0 Å². The van der Waals surface area contributed by atoms with Crippen LogP contribution in [-0.2, 0) is 13.0 Å². The van der Waals surface area contributed by atoms with Crippen molar-refractivity contribution in [3.8, 4) is 0 Å². The molecule has 2 N–H and O–H groups in total. The van der Waals surface area contributed by atoms with E-state index in [0.29, 0.717) is 6.04 Å². The van der Waals surface area contributed by atoms with Gasteiger partial charge in [0.2, 0.25) is 0 Å². The van der Waals surface area contributed by atoms with Crippen molar-refractivity contribution in [3.05, 3.63) is 52.9 Å². The third kappa shape index (κ3) is 6.20. The Morgan fingerprint density at radius 3 is 2.71 bits per heavy atom. The topological polar surface area (TPSA) is 65.7 Å². The molecule has 1 fully saturated rings. The molecular formula is C21H32IN5O. The highest BCUT2D eigenvalue weighted by Gasteiger charge is 2.24. The highest BCUT2D eigenvalue weighted by Crippen LogP contribution is 2.19. The van der Waals surface area contributed by atoms with E-state index in [0.717, 1.165) is 43.5 Å². The lowest BCUT2D eigenvalue weighted by Crippen LogP contribution is -2.45. The number of nitrogens with one attached hydrogen (secondary N) is 2. The van der Waals surface area contributed by atoms with Crippen LogP contribution in [0.1, 0.15) is 35.4 Å². The number of rotatable bonds is 7. The molecule has 1 aromatic heterocycles. The van der Waals surface area contributed by atoms with Gasteiger partial charge >= 0.3 is 0 Å². The fourth-order valence-electron chi connectivity index (χ4n) is 3.75. The van der Waals surface area contributed by atoms with Crippen LogP contribution >= 0.6 is 24.0 Å². The van der Waals surface area contributed by atoms with Gasteiger partial charge in [0.05, 0.1) is 5.69 Å². The fraction of sp³-hybridized carbons (Fsp3) is 0.524. The summed E-state index contributed by atoms with van der Waals surface area (Å²) >= 11 is 0. The predicted molar refractivity (Wildman–Crippen MR) is 124 cm³/mol. The lowest BCUT2D eigenvalue weighted by atomic mass is 10.1. The second kappa shape index (κ2) is 11.4. The summed E-state index contributed by atoms with van der Waals surface area (Å²) in [5.74, 6) is 1.76. The second-order valence-corrected chi connectivity index (χ2v) is 7.18. The molecule has 3 rings (SSSR count). The maximum Gasteiger partial charge on any atom is 0.191 e. The summed E-state index contributed by atoms with van der Waals surface area (Å²) in [4.78, 5) is 6.93. The summed E-state index contributed by atoms with van der Waals surface area (Å²) < 4.78 is 5.23. The molecule has 1 aliphatic heterocycles. The quantitative estimate of drug-likeness (QED) is 0.349. The molecule has 0 aliphatic carbocycles. The van der Waals surface area contributed by atoms with E-state index in [2.05, 4.69) is 56.0 Å². The Bertz CT molecular complexity index is 727. The van der Waals surface area contributed by atoms with Crippen LogP contribution in [0.5, 0.6) is 0 Å². The zero-order chi connectivity index (χ0) is 19.1.